The molecular weight excluding hydrogens is 406 g/mol. The van der Waals surface area contributed by atoms with Crippen LogP contribution >= 0.6 is 0 Å². The van der Waals surface area contributed by atoms with Gasteiger partial charge >= 0.3 is 5.95 Å². The molecule has 0 bridgehead atoms. The Kier molecular flexibility index (Phi) is 7.86. The molecule has 12 heteroatoms. The van der Waals surface area contributed by atoms with E-state index < -0.39 is 10.2 Å². The van der Waals surface area contributed by atoms with Gasteiger partial charge in [0.2, 0.25) is 0 Å². The van der Waals surface area contributed by atoms with Gasteiger partial charge in [0.25, 0.3) is 21.8 Å². The number of H-pyrrole nitrogens is 1. The average Bonchev–Trinajstić information content (AvgIpc) is 3.14. The maximum absolute atomic E-state index is 12.3. The number of aromatic amines is 1. The zero-order valence-corrected chi connectivity index (χ0v) is 17.8. The Balaban J connectivity index is 2.43. The highest BCUT2D eigenvalue weighted by Gasteiger charge is 2.16. The molecule has 0 aliphatic carbocycles. The molecule has 0 radical (unpaired) electrons. The molecular formula is C18H23N9O2S. The van der Waals surface area contributed by atoms with E-state index in [-0.39, 0.29) is 29.0 Å². The zero-order valence-electron chi connectivity index (χ0n) is 17.0. The van der Waals surface area contributed by atoms with Crippen LogP contribution in [0.25, 0.3) is 9.69 Å². The summed E-state index contributed by atoms with van der Waals surface area (Å²) in [5.74, 6) is -0.140. The van der Waals surface area contributed by atoms with Gasteiger partial charge < -0.3 is 14.6 Å². The minimum atomic E-state index is -3.79. The van der Waals surface area contributed by atoms with Gasteiger partial charge in [-0.2, -0.15) is 13.1 Å². The Morgan fingerprint density at radius 1 is 1.17 bits per heavy atom. The quantitative estimate of drug-likeness (QED) is 0.382. The lowest BCUT2D eigenvalue weighted by Gasteiger charge is -2.22. The van der Waals surface area contributed by atoms with Crippen LogP contribution in [0.1, 0.15) is 27.2 Å². The minimum absolute atomic E-state index is 0.0160. The second-order valence-corrected chi connectivity index (χ2v) is 7.53. The number of rotatable bonds is 10. The van der Waals surface area contributed by atoms with Gasteiger partial charge in [-0.05, 0) is 38.5 Å². The van der Waals surface area contributed by atoms with E-state index in [0.717, 1.165) is 18.8 Å². The number of anilines is 2. The summed E-state index contributed by atoms with van der Waals surface area (Å²) in [6.45, 7) is 21.7. The van der Waals surface area contributed by atoms with Crippen LogP contribution in [-0.4, -0.2) is 38.0 Å². The number of hydrogen-bond acceptors (Lipinski definition) is 6. The van der Waals surface area contributed by atoms with Crippen molar-refractivity contribution in [3.63, 3.8) is 0 Å². The van der Waals surface area contributed by atoms with Gasteiger partial charge in [-0.1, -0.05) is 30.2 Å². The fourth-order valence-electron chi connectivity index (χ4n) is 2.54. The molecule has 0 spiro atoms. The third-order valence-electron chi connectivity index (χ3n) is 4.02. The van der Waals surface area contributed by atoms with E-state index in [9.17, 15) is 8.42 Å². The molecule has 0 aliphatic rings. The van der Waals surface area contributed by atoms with Gasteiger partial charge in [0.05, 0.1) is 5.69 Å². The van der Waals surface area contributed by atoms with Crippen LogP contribution in [0.3, 0.4) is 0 Å². The highest BCUT2D eigenvalue weighted by molar-refractivity contribution is 7.90. The standard InChI is InChI=1S/C18H23N9O2S/c1-6-11-21-30(28,29)26-15-12-13(27(7-2)8-3)9-10-14(15)24-25-18-22-16(19-4)17(20-5)23-18/h9-10,12,21,26H,6-8,11H2,1-3H3,(H,22,23). The van der Waals surface area contributed by atoms with Crippen molar-refractivity contribution in [1.82, 2.24) is 14.7 Å². The molecule has 1 aromatic carbocycles. The van der Waals surface area contributed by atoms with Crippen molar-refractivity contribution in [1.29, 1.82) is 0 Å². The second-order valence-electron chi connectivity index (χ2n) is 6.03. The Hall–Kier alpha value is -3.48. The van der Waals surface area contributed by atoms with Gasteiger partial charge in [-0.25, -0.2) is 0 Å². The second kappa shape index (κ2) is 10.3. The molecule has 30 heavy (non-hydrogen) atoms. The maximum atomic E-state index is 12.3. The first kappa shape index (κ1) is 22.8. The van der Waals surface area contributed by atoms with E-state index in [1.165, 1.54) is 0 Å². The molecule has 2 aromatic rings. The highest BCUT2D eigenvalue weighted by atomic mass is 32.2. The normalized spacial score (nSPS) is 11.2. The predicted octanol–water partition coefficient (Wildman–Crippen LogP) is 4.43. The summed E-state index contributed by atoms with van der Waals surface area (Å²) in [4.78, 5) is 14.9. The number of benzene rings is 1. The van der Waals surface area contributed by atoms with Crippen molar-refractivity contribution >= 4 is 44.9 Å². The third kappa shape index (κ3) is 5.76. The number of hydrogen-bond donors (Lipinski definition) is 3. The van der Waals surface area contributed by atoms with E-state index in [0.29, 0.717) is 13.0 Å². The molecule has 0 atom stereocenters. The molecule has 0 unspecified atom stereocenters. The summed E-state index contributed by atoms with van der Waals surface area (Å²) in [5.41, 5.74) is 1.34. The topological polar surface area (TPSA) is 124 Å². The first-order valence-corrected chi connectivity index (χ1v) is 10.8. The van der Waals surface area contributed by atoms with E-state index in [2.05, 4.69) is 44.2 Å². The highest BCUT2D eigenvalue weighted by Crippen LogP contribution is 2.33. The molecule has 2 rings (SSSR count). The molecule has 0 amide bonds. The van der Waals surface area contributed by atoms with Crippen molar-refractivity contribution < 1.29 is 8.42 Å². The Morgan fingerprint density at radius 2 is 1.90 bits per heavy atom. The zero-order chi connectivity index (χ0) is 22.1. The van der Waals surface area contributed by atoms with Crippen LogP contribution in [0.4, 0.5) is 34.6 Å². The predicted molar refractivity (Wildman–Crippen MR) is 116 cm³/mol. The molecule has 0 saturated carbocycles. The van der Waals surface area contributed by atoms with Gasteiger partial charge in [0.15, 0.2) is 0 Å². The molecule has 1 heterocycles. The smallest absolute Gasteiger partial charge is 0.373 e. The van der Waals surface area contributed by atoms with E-state index in [1.54, 1.807) is 12.1 Å². The molecule has 0 saturated heterocycles. The molecule has 158 valence electrons. The van der Waals surface area contributed by atoms with Crippen LogP contribution < -0.4 is 14.3 Å². The van der Waals surface area contributed by atoms with Crippen molar-refractivity contribution in [2.45, 2.75) is 27.2 Å². The summed E-state index contributed by atoms with van der Waals surface area (Å²) >= 11 is 0. The van der Waals surface area contributed by atoms with E-state index in [4.69, 9.17) is 13.1 Å². The van der Waals surface area contributed by atoms with E-state index >= 15 is 0 Å². The van der Waals surface area contributed by atoms with Crippen LogP contribution in [0.2, 0.25) is 0 Å². The number of aromatic nitrogens is 2. The third-order valence-corrected chi connectivity index (χ3v) is 5.09. The largest absolute Gasteiger partial charge is 0.414 e. The summed E-state index contributed by atoms with van der Waals surface area (Å²) in [7, 11) is -3.79. The SMILES string of the molecule is [C-]#[N+]c1nc(N=Nc2ccc(N(CC)CC)cc2NS(=O)(=O)NCCC)[nH]c1[N+]#[C-]. The average molecular weight is 430 g/mol. The summed E-state index contributed by atoms with van der Waals surface area (Å²) in [5, 5.41) is 7.99. The Bertz CT molecular complexity index is 1060. The van der Waals surface area contributed by atoms with E-state index in [1.807, 2.05) is 26.8 Å². The van der Waals surface area contributed by atoms with Crippen LogP contribution in [0, 0.1) is 13.1 Å². The monoisotopic (exact) mass is 429 g/mol. The minimum Gasteiger partial charge on any atom is -0.373 e. The molecule has 0 fully saturated rings. The lowest BCUT2D eigenvalue weighted by molar-refractivity contribution is 0.586. The fraction of sp³-hybridized carbons (Fsp3) is 0.389. The maximum Gasteiger partial charge on any atom is 0.414 e. The Labute approximate surface area is 176 Å². The first-order chi connectivity index (χ1) is 14.4. The van der Waals surface area contributed by atoms with Crippen LogP contribution in [-0.2, 0) is 10.2 Å². The van der Waals surface area contributed by atoms with Gasteiger partial charge in [-0.15, -0.1) is 5.11 Å². The van der Waals surface area contributed by atoms with Gasteiger partial charge in [-0.3, -0.25) is 9.71 Å². The lowest BCUT2D eigenvalue weighted by Crippen LogP contribution is -2.30. The van der Waals surface area contributed by atoms with Crippen molar-refractivity contribution in [3.05, 3.63) is 41.0 Å². The number of imidazole rings is 1. The van der Waals surface area contributed by atoms with Crippen molar-refractivity contribution in [2.75, 3.05) is 29.3 Å². The number of azo groups is 1. The van der Waals surface area contributed by atoms with Crippen LogP contribution in [0.5, 0.6) is 0 Å². The first-order valence-electron chi connectivity index (χ1n) is 9.30. The molecule has 1 aromatic heterocycles. The Morgan fingerprint density at radius 3 is 2.47 bits per heavy atom. The molecule has 3 N–H and O–H groups in total. The number of nitrogens with zero attached hydrogens (tertiary/aromatic N) is 6. The number of nitrogens with one attached hydrogen (secondary N) is 3. The summed E-state index contributed by atoms with van der Waals surface area (Å²) in [6.07, 6.45) is 0.651. The lowest BCUT2D eigenvalue weighted by atomic mass is 10.2. The van der Waals surface area contributed by atoms with Gasteiger partial charge in [0.1, 0.15) is 5.69 Å². The van der Waals surface area contributed by atoms with Crippen molar-refractivity contribution in [2.24, 2.45) is 10.2 Å². The fourth-order valence-corrected chi connectivity index (χ4v) is 3.54. The van der Waals surface area contributed by atoms with Crippen molar-refractivity contribution in [3.8, 4) is 0 Å². The molecule has 0 aliphatic heterocycles. The molecule has 11 nitrogen and oxygen atoms in total. The summed E-state index contributed by atoms with van der Waals surface area (Å²) in [6, 6.07) is 5.14. The summed E-state index contributed by atoms with van der Waals surface area (Å²) < 4.78 is 29.6. The van der Waals surface area contributed by atoms with Gasteiger partial charge in [0, 0.05) is 25.3 Å². The van der Waals surface area contributed by atoms with Crippen LogP contribution in [0.15, 0.2) is 28.4 Å².